The number of esters is 1. The summed E-state index contributed by atoms with van der Waals surface area (Å²) in [5.74, 6) is 0.232. The number of fused-ring (bicyclic) bond motifs is 1. The molecule has 0 N–H and O–H groups in total. The van der Waals surface area contributed by atoms with Crippen LogP contribution in [0.1, 0.15) is 37.9 Å². The molecule has 0 fully saturated rings. The van der Waals surface area contributed by atoms with Gasteiger partial charge in [-0.2, -0.15) is 0 Å². The van der Waals surface area contributed by atoms with Crippen LogP contribution in [0.4, 0.5) is 5.69 Å². The van der Waals surface area contributed by atoms with E-state index in [-0.39, 0.29) is 12.2 Å². The summed E-state index contributed by atoms with van der Waals surface area (Å²) in [7, 11) is 3.92. The zero-order chi connectivity index (χ0) is 26.9. The second-order valence-electron chi connectivity index (χ2n) is 8.53. The molecular formula is C27H27Br2N3O4S. The number of aromatic nitrogens is 1. The molecule has 194 valence electrons. The van der Waals surface area contributed by atoms with Gasteiger partial charge in [-0.1, -0.05) is 23.5 Å². The Hall–Kier alpha value is -2.69. The standard InChI is InChI=1S/C27H27Br2N3O4S/c1-6-35-24-19(28)12-16(13-20(24)29)14-21-25(33)32-23(17-8-10-18(11-9-17)31(4)5)22(26(34)36-7-2)15(3)30-27(32)37-21/h8-14,23H,6-7H2,1-5H3/b21-14-/t23-/m1/s1. The Morgan fingerprint density at radius 2 is 1.78 bits per heavy atom. The van der Waals surface area contributed by atoms with Gasteiger partial charge in [-0.05, 0) is 94.1 Å². The number of hydrogen-bond donors (Lipinski definition) is 0. The molecule has 0 aliphatic carbocycles. The third-order valence-electron chi connectivity index (χ3n) is 5.85. The van der Waals surface area contributed by atoms with E-state index in [0.717, 1.165) is 25.8 Å². The van der Waals surface area contributed by atoms with Gasteiger partial charge in [0, 0.05) is 19.8 Å². The van der Waals surface area contributed by atoms with Crippen molar-refractivity contribution in [1.29, 1.82) is 0 Å². The summed E-state index contributed by atoms with van der Waals surface area (Å²) >= 11 is 8.40. The van der Waals surface area contributed by atoms with Crippen molar-refractivity contribution in [3.8, 4) is 5.75 Å². The number of benzene rings is 2. The normalized spacial score (nSPS) is 15.3. The van der Waals surface area contributed by atoms with E-state index in [4.69, 9.17) is 9.47 Å². The predicted molar refractivity (Wildman–Crippen MR) is 154 cm³/mol. The Morgan fingerprint density at radius 1 is 1.14 bits per heavy atom. The highest BCUT2D eigenvalue weighted by atomic mass is 79.9. The molecule has 3 aromatic rings. The zero-order valence-corrected chi connectivity index (χ0v) is 25.2. The fourth-order valence-corrected chi connectivity index (χ4v) is 6.66. The lowest BCUT2D eigenvalue weighted by atomic mass is 9.95. The van der Waals surface area contributed by atoms with E-state index in [1.807, 2.05) is 68.4 Å². The van der Waals surface area contributed by atoms with E-state index in [1.54, 1.807) is 18.4 Å². The van der Waals surface area contributed by atoms with E-state index in [1.165, 1.54) is 11.3 Å². The van der Waals surface area contributed by atoms with Crippen molar-refractivity contribution >= 4 is 60.9 Å². The smallest absolute Gasteiger partial charge is 0.338 e. The van der Waals surface area contributed by atoms with Crippen LogP contribution in [0.25, 0.3) is 6.08 Å². The Labute approximate surface area is 236 Å². The summed E-state index contributed by atoms with van der Waals surface area (Å²) in [5, 5.41) is 0. The third-order valence-corrected chi connectivity index (χ3v) is 8.01. The van der Waals surface area contributed by atoms with Crippen molar-refractivity contribution in [2.24, 2.45) is 4.99 Å². The number of ether oxygens (including phenoxy) is 2. The van der Waals surface area contributed by atoms with Crippen molar-refractivity contribution in [3.63, 3.8) is 0 Å². The summed E-state index contributed by atoms with van der Waals surface area (Å²) in [5.41, 5.74) is 3.33. The number of hydrogen-bond acceptors (Lipinski definition) is 7. The molecule has 2 heterocycles. The summed E-state index contributed by atoms with van der Waals surface area (Å²) in [6.45, 7) is 6.23. The number of carbonyl (C=O) groups is 1. The van der Waals surface area contributed by atoms with Crippen LogP contribution in [-0.2, 0) is 9.53 Å². The highest BCUT2D eigenvalue weighted by molar-refractivity contribution is 9.11. The topological polar surface area (TPSA) is 73.1 Å². The van der Waals surface area contributed by atoms with Crippen LogP contribution in [-0.4, -0.2) is 37.8 Å². The molecule has 0 amide bonds. The molecular weight excluding hydrogens is 622 g/mol. The van der Waals surface area contributed by atoms with Crippen molar-refractivity contribution in [3.05, 3.63) is 87.4 Å². The molecule has 2 aromatic carbocycles. The van der Waals surface area contributed by atoms with E-state index in [0.29, 0.717) is 33.0 Å². The van der Waals surface area contributed by atoms with Crippen LogP contribution in [0.5, 0.6) is 5.75 Å². The first-order valence-electron chi connectivity index (χ1n) is 11.7. The molecule has 4 rings (SSSR count). The average molecular weight is 649 g/mol. The van der Waals surface area contributed by atoms with Crippen LogP contribution >= 0.6 is 43.2 Å². The highest BCUT2D eigenvalue weighted by Crippen LogP contribution is 2.35. The van der Waals surface area contributed by atoms with Crippen LogP contribution in [0.15, 0.2) is 66.4 Å². The molecule has 0 bridgehead atoms. The zero-order valence-electron chi connectivity index (χ0n) is 21.2. The quantitative estimate of drug-likeness (QED) is 0.345. The lowest BCUT2D eigenvalue weighted by Gasteiger charge is -2.25. The van der Waals surface area contributed by atoms with Gasteiger partial charge in [-0.25, -0.2) is 9.79 Å². The number of carbonyl (C=O) groups excluding carboxylic acids is 1. The molecule has 0 saturated heterocycles. The van der Waals surface area contributed by atoms with Gasteiger partial charge in [0.25, 0.3) is 5.56 Å². The molecule has 1 aliphatic rings. The molecule has 1 atom stereocenters. The van der Waals surface area contributed by atoms with Crippen molar-refractivity contribution in [1.82, 2.24) is 4.57 Å². The maximum Gasteiger partial charge on any atom is 0.338 e. The summed E-state index contributed by atoms with van der Waals surface area (Å²) in [6, 6.07) is 11.0. The van der Waals surface area contributed by atoms with Crippen molar-refractivity contribution < 1.29 is 14.3 Å². The lowest BCUT2D eigenvalue weighted by molar-refractivity contribution is -0.139. The highest BCUT2D eigenvalue weighted by Gasteiger charge is 2.33. The molecule has 0 unspecified atom stereocenters. The van der Waals surface area contributed by atoms with Gasteiger partial charge in [-0.15, -0.1) is 0 Å². The number of nitrogens with zero attached hydrogens (tertiary/aromatic N) is 3. The number of rotatable bonds is 7. The second kappa shape index (κ2) is 11.4. The van der Waals surface area contributed by atoms with E-state index in [9.17, 15) is 9.59 Å². The first kappa shape index (κ1) is 27.3. The Kier molecular flexibility index (Phi) is 8.40. The van der Waals surface area contributed by atoms with E-state index >= 15 is 0 Å². The van der Waals surface area contributed by atoms with Gasteiger partial charge in [0.2, 0.25) is 0 Å². The summed E-state index contributed by atoms with van der Waals surface area (Å²) in [6.07, 6.45) is 1.82. The number of anilines is 1. The molecule has 0 radical (unpaired) electrons. The number of allylic oxidation sites excluding steroid dienone is 1. The van der Waals surface area contributed by atoms with Crippen LogP contribution < -0.4 is 24.5 Å². The Bertz CT molecular complexity index is 1530. The fourth-order valence-electron chi connectivity index (χ4n) is 4.16. The van der Waals surface area contributed by atoms with Crippen molar-refractivity contribution in [2.75, 3.05) is 32.2 Å². The molecule has 10 heteroatoms. The first-order valence-corrected chi connectivity index (χ1v) is 14.1. The third kappa shape index (κ3) is 5.46. The van der Waals surface area contributed by atoms with Crippen LogP contribution in [0.2, 0.25) is 0 Å². The second-order valence-corrected chi connectivity index (χ2v) is 11.3. The minimum absolute atomic E-state index is 0.221. The van der Waals surface area contributed by atoms with Gasteiger partial charge < -0.3 is 14.4 Å². The molecule has 1 aromatic heterocycles. The molecule has 1 aliphatic heterocycles. The predicted octanol–water partition coefficient (Wildman–Crippen LogP) is 4.79. The maximum atomic E-state index is 13.8. The average Bonchev–Trinajstić information content (AvgIpc) is 3.15. The fraction of sp³-hybridized carbons (Fsp3) is 0.296. The monoisotopic (exact) mass is 647 g/mol. The molecule has 0 spiro atoms. The largest absolute Gasteiger partial charge is 0.492 e. The minimum atomic E-state index is -0.646. The van der Waals surface area contributed by atoms with Crippen LogP contribution in [0, 0.1) is 0 Å². The van der Waals surface area contributed by atoms with Gasteiger partial charge in [0.05, 0.1) is 44.0 Å². The summed E-state index contributed by atoms with van der Waals surface area (Å²) in [4.78, 5) is 34.0. The molecule has 37 heavy (non-hydrogen) atoms. The maximum absolute atomic E-state index is 13.8. The SMILES string of the molecule is CCOC(=O)C1=C(C)N=c2s/c(=C\c3cc(Br)c(OCC)c(Br)c3)c(=O)n2[C@@H]1c1ccc(N(C)C)cc1. The first-order chi connectivity index (χ1) is 17.7. The van der Waals surface area contributed by atoms with E-state index in [2.05, 4.69) is 36.9 Å². The van der Waals surface area contributed by atoms with Crippen molar-refractivity contribution in [2.45, 2.75) is 26.8 Å². The minimum Gasteiger partial charge on any atom is -0.492 e. The van der Waals surface area contributed by atoms with Gasteiger partial charge >= 0.3 is 5.97 Å². The van der Waals surface area contributed by atoms with E-state index < -0.39 is 12.0 Å². The molecule has 0 saturated carbocycles. The lowest BCUT2D eigenvalue weighted by Crippen LogP contribution is -2.39. The van der Waals surface area contributed by atoms with Gasteiger partial charge in [0.15, 0.2) is 4.80 Å². The van der Waals surface area contributed by atoms with Crippen LogP contribution in [0.3, 0.4) is 0 Å². The van der Waals surface area contributed by atoms with Gasteiger partial charge in [0.1, 0.15) is 5.75 Å². The summed E-state index contributed by atoms with van der Waals surface area (Å²) < 4.78 is 14.7. The number of halogens is 2. The Balaban J connectivity index is 1.91. The number of thiazole rings is 1. The van der Waals surface area contributed by atoms with Gasteiger partial charge in [-0.3, -0.25) is 9.36 Å². The Morgan fingerprint density at radius 3 is 2.35 bits per heavy atom. The molecule has 7 nitrogen and oxygen atoms in total.